The summed E-state index contributed by atoms with van der Waals surface area (Å²) < 4.78 is 43.0. The zero-order valence-corrected chi connectivity index (χ0v) is 24.1. The number of nitrogens with zero attached hydrogens (tertiary/aromatic N) is 5. The molecule has 2 saturated heterocycles. The zero-order valence-electron chi connectivity index (χ0n) is 22.6. The standard InChI is InChI=1S/C28H29ClFN7O3S/c1-3-10-33-41(39,40)24-13-32-37-25(34-23-11-18(2)4-9-22(23)29)21(12-31-26(24)37)27(38)36-16-28(17-36)14-35(15-28)20-7-5-19(30)6-8-20/h4-9,11-13,33-34H,3,10,14-17H2,1-2H3. The summed E-state index contributed by atoms with van der Waals surface area (Å²) >= 11 is 6.47. The van der Waals surface area contributed by atoms with Crippen LogP contribution in [-0.4, -0.2) is 66.5 Å². The van der Waals surface area contributed by atoms with Gasteiger partial charge in [0, 0.05) is 50.0 Å². The molecule has 1 spiro atoms. The number of nitrogens with one attached hydrogen (secondary N) is 2. The molecule has 0 saturated carbocycles. The molecule has 0 aliphatic carbocycles. The number of benzene rings is 2. The molecule has 0 radical (unpaired) electrons. The molecule has 2 aliphatic rings. The summed E-state index contributed by atoms with van der Waals surface area (Å²) in [6.07, 6.45) is 3.25. The lowest BCUT2D eigenvalue weighted by Crippen LogP contribution is -2.73. The van der Waals surface area contributed by atoms with Crippen LogP contribution in [0.2, 0.25) is 5.02 Å². The van der Waals surface area contributed by atoms with Crippen LogP contribution in [0.25, 0.3) is 5.65 Å². The van der Waals surface area contributed by atoms with Gasteiger partial charge in [-0.15, -0.1) is 0 Å². The summed E-state index contributed by atoms with van der Waals surface area (Å²) in [5, 5.41) is 7.98. The number of hydrogen-bond acceptors (Lipinski definition) is 7. The van der Waals surface area contributed by atoms with Crippen molar-refractivity contribution in [3.63, 3.8) is 0 Å². The Balaban J connectivity index is 1.29. The highest BCUT2D eigenvalue weighted by Crippen LogP contribution is 2.43. The van der Waals surface area contributed by atoms with Crippen LogP contribution in [-0.2, 0) is 10.0 Å². The van der Waals surface area contributed by atoms with Crippen molar-refractivity contribution in [2.24, 2.45) is 5.41 Å². The van der Waals surface area contributed by atoms with Crippen LogP contribution in [0, 0.1) is 18.2 Å². The Bertz CT molecular complexity index is 1750. The van der Waals surface area contributed by atoms with Crippen LogP contribution < -0.4 is 14.9 Å². The van der Waals surface area contributed by atoms with E-state index in [-0.39, 0.29) is 45.6 Å². The largest absolute Gasteiger partial charge is 0.370 e. The molecule has 6 rings (SSSR count). The van der Waals surface area contributed by atoms with Gasteiger partial charge in [-0.2, -0.15) is 9.61 Å². The van der Waals surface area contributed by atoms with E-state index in [2.05, 4.69) is 25.0 Å². The number of fused-ring (bicyclic) bond motifs is 1. The Hall–Kier alpha value is -3.74. The number of anilines is 3. The Morgan fingerprint density at radius 3 is 2.54 bits per heavy atom. The third-order valence-corrected chi connectivity index (χ3v) is 9.30. The van der Waals surface area contributed by atoms with Crippen LogP contribution in [0.5, 0.6) is 0 Å². The first-order valence-corrected chi connectivity index (χ1v) is 15.1. The molecule has 0 atom stereocenters. The van der Waals surface area contributed by atoms with E-state index >= 15 is 0 Å². The molecular weight excluding hydrogens is 569 g/mol. The molecule has 214 valence electrons. The Labute approximate surface area is 242 Å². The average Bonchev–Trinajstić information content (AvgIpc) is 3.35. The molecule has 2 aliphatic heterocycles. The predicted molar refractivity (Wildman–Crippen MR) is 155 cm³/mol. The van der Waals surface area contributed by atoms with E-state index < -0.39 is 10.0 Å². The number of rotatable bonds is 8. The van der Waals surface area contributed by atoms with Gasteiger partial charge in [0.2, 0.25) is 10.0 Å². The lowest BCUT2D eigenvalue weighted by atomic mass is 9.72. The van der Waals surface area contributed by atoms with Gasteiger partial charge in [-0.1, -0.05) is 24.6 Å². The third-order valence-electron chi connectivity index (χ3n) is 7.52. The smallest absolute Gasteiger partial charge is 0.259 e. The second-order valence-electron chi connectivity index (χ2n) is 10.8. The Morgan fingerprint density at radius 1 is 1.10 bits per heavy atom. The van der Waals surface area contributed by atoms with Crippen molar-refractivity contribution >= 4 is 50.4 Å². The predicted octanol–water partition coefficient (Wildman–Crippen LogP) is 4.22. The van der Waals surface area contributed by atoms with E-state index in [1.807, 2.05) is 26.0 Å². The Morgan fingerprint density at radius 2 is 1.83 bits per heavy atom. The third kappa shape index (κ3) is 5.00. The fourth-order valence-electron chi connectivity index (χ4n) is 5.43. The first-order chi connectivity index (χ1) is 19.6. The molecule has 41 heavy (non-hydrogen) atoms. The zero-order chi connectivity index (χ0) is 28.9. The average molecular weight is 598 g/mol. The lowest BCUT2D eigenvalue weighted by molar-refractivity contribution is -0.0104. The van der Waals surface area contributed by atoms with Gasteiger partial charge in [-0.25, -0.2) is 22.5 Å². The van der Waals surface area contributed by atoms with E-state index in [0.717, 1.165) is 24.3 Å². The molecule has 2 aromatic heterocycles. The maximum atomic E-state index is 13.8. The van der Waals surface area contributed by atoms with Gasteiger partial charge in [0.25, 0.3) is 5.91 Å². The van der Waals surface area contributed by atoms with Gasteiger partial charge in [-0.05, 0) is 55.3 Å². The second kappa shape index (κ2) is 10.3. The highest BCUT2D eigenvalue weighted by atomic mass is 35.5. The van der Waals surface area contributed by atoms with Crippen LogP contribution in [0.4, 0.5) is 21.6 Å². The molecule has 0 bridgehead atoms. The first kappa shape index (κ1) is 27.4. The molecule has 0 unspecified atom stereocenters. The SMILES string of the molecule is CCCNS(=O)(=O)c1cnn2c(Nc3cc(C)ccc3Cl)c(C(=O)N3CC4(C3)CN(c3ccc(F)cc3)C4)cnc12. The lowest BCUT2D eigenvalue weighted by Gasteiger charge is -2.60. The minimum atomic E-state index is -3.87. The van der Waals surface area contributed by atoms with Crippen molar-refractivity contribution < 1.29 is 17.6 Å². The minimum absolute atomic E-state index is 0.0209. The number of halogens is 2. The number of sulfonamides is 1. The molecule has 2 aromatic carbocycles. The number of hydrogen-bond donors (Lipinski definition) is 2. The Kier molecular flexibility index (Phi) is 6.87. The topological polar surface area (TPSA) is 112 Å². The molecule has 4 heterocycles. The fraction of sp³-hybridized carbons (Fsp3) is 0.321. The van der Waals surface area contributed by atoms with E-state index in [9.17, 15) is 17.6 Å². The number of aryl methyl sites for hydroxylation is 1. The summed E-state index contributed by atoms with van der Waals surface area (Å²) in [7, 11) is -3.87. The molecule has 2 N–H and O–H groups in total. The molecule has 10 nitrogen and oxygen atoms in total. The van der Waals surface area contributed by atoms with Crippen molar-refractivity contribution in [2.45, 2.75) is 25.2 Å². The van der Waals surface area contributed by atoms with Crippen molar-refractivity contribution in [3.8, 4) is 0 Å². The van der Waals surface area contributed by atoms with Gasteiger partial charge < -0.3 is 15.1 Å². The van der Waals surface area contributed by atoms with E-state index in [4.69, 9.17) is 11.6 Å². The number of carbonyl (C=O) groups is 1. The van der Waals surface area contributed by atoms with Crippen molar-refractivity contribution in [2.75, 3.05) is 42.9 Å². The minimum Gasteiger partial charge on any atom is -0.370 e. The summed E-state index contributed by atoms with van der Waals surface area (Å²) in [5.41, 5.74) is 2.76. The highest BCUT2D eigenvalue weighted by molar-refractivity contribution is 7.89. The molecule has 13 heteroatoms. The summed E-state index contributed by atoms with van der Waals surface area (Å²) in [6.45, 7) is 6.73. The molecule has 2 fully saturated rings. The normalized spacial score (nSPS) is 16.1. The van der Waals surface area contributed by atoms with E-state index in [0.29, 0.717) is 30.2 Å². The highest BCUT2D eigenvalue weighted by Gasteiger charge is 2.53. The summed E-state index contributed by atoms with van der Waals surface area (Å²) in [6, 6.07) is 11.9. The van der Waals surface area contributed by atoms with Crippen LogP contribution in [0.3, 0.4) is 0 Å². The first-order valence-electron chi connectivity index (χ1n) is 13.3. The van der Waals surface area contributed by atoms with Gasteiger partial charge >= 0.3 is 0 Å². The number of likely N-dealkylation sites (tertiary alicyclic amines) is 1. The number of carbonyl (C=O) groups excluding carboxylic acids is 1. The fourth-order valence-corrected chi connectivity index (χ4v) is 6.79. The molecule has 1 amide bonds. The summed E-state index contributed by atoms with van der Waals surface area (Å²) in [4.78, 5) is 22.0. The van der Waals surface area contributed by atoms with Gasteiger partial charge in [-0.3, -0.25) is 4.79 Å². The van der Waals surface area contributed by atoms with Crippen molar-refractivity contribution in [1.29, 1.82) is 0 Å². The van der Waals surface area contributed by atoms with Crippen molar-refractivity contribution in [1.82, 2.24) is 24.2 Å². The van der Waals surface area contributed by atoms with Crippen molar-refractivity contribution in [3.05, 3.63) is 76.8 Å². The van der Waals surface area contributed by atoms with Gasteiger partial charge in [0.1, 0.15) is 22.1 Å². The van der Waals surface area contributed by atoms with Gasteiger partial charge in [0.15, 0.2) is 5.65 Å². The molecular formula is C28H29ClFN7O3S. The second-order valence-corrected chi connectivity index (χ2v) is 12.9. The summed E-state index contributed by atoms with van der Waals surface area (Å²) in [5.74, 6) is -0.252. The molecule has 4 aromatic rings. The van der Waals surface area contributed by atoms with Crippen LogP contribution in [0.1, 0.15) is 29.3 Å². The van der Waals surface area contributed by atoms with E-state index in [1.54, 1.807) is 23.1 Å². The van der Waals surface area contributed by atoms with Crippen LogP contribution >= 0.6 is 11.6 Å². The number of aromatic nitrogens is 3. The van der Waals surface area contributed by atoms with E-state index in [1.165, 1.54) is 29.0 Å². The van der Waals surface area contributed by atoms with Gasteiger partial charge in [0.05, 0.1) is 16.9 Å². The monoisotopic (exact) mass is 597 g/mol. The number of amides is 1. The quantitative estimate of drug-likeness (QED) is 0.313. The van der Waals surface area contributed by atoms with Crippen LogP contribution in [0.15, 0.2) is 59.8 Å². The maximum Gasteiger partial charge on any atom is 0.259 e. The maximum absolute atomic E-state index is 13.8.